The molecule has 0 fully saturated rings. The quantitative estimate of drug-likeness (QED) is 0.141. The first kappa shape index (κ1) is 29.4. The van der Waals surface area contributed by atoms with E-state index in [0.29, 0.717) is 28.4 Å². The van der Waals surface area contributed by atoms with E-state index < -0.39 is 11.2 Å². The van der Waals surface area contributed by atoms with Crippen LogP contribution in [0.25, 0.3) is 6.08 Å². The minimum atomic E-state index is -0.456. The highest BCUT2D eigenvalue weighted by Crippen LogP contribution is 2.31. The molecule has 3 amide bonds. The number of thiophene rings is 1. The smallest absolute Gasteiger partial charge is 0.272 e. The number of carbonyl (C=O) groups is 3. The van der Waals surface area contributed by atoms with Gasteiger partial charge in [-0.15, -0.1) is 11.8 Å². The number of benzene rings is 3. The van der Waals surface area contributed by atoms with E-state index in [4.69, 9.17) is 9.47 Å². The van der Waals surface area contributed by atoms with Crippen LogP contribution in [-0.4, -0.2) is 37.2 Å². The van der Waals surface area contributed by atoms with Gasteiger partial charge >= 0.3 is 0 Å². The molecule has 0 saturated heterocycles. The lowest BCUT2D eigenvalue weighted by atomic mass is 10.2. The molecule has 1 atom stereocenters. The SMILES string of the molecule is COc1ccc(NC(=O)C(C)Sc2ccc(NC(=O)/C(=C/c3ccsc3)NC(=O)c3ccccc3)cc2)c(OC)c1. The van der Waals surface area contributed by atoms with Crippen molar-refractivity contribution in [1.29, 1.82) is 0 Å². The molecular formula is C31H29N3O5S2. The summed E-state index contributed by atoms with van der Waals surface area (Å²) in [6.07, 6.45) is 1.63. The molecule has 1 unspecified atom stereocenters. The summed E-state index contributed by atoms with van der Waals surface area (Å²) in [7, 11) is 3.09. The molecule has 0 aliphatic carbocycles. The van der Waals surface area contributed by atoms with Crippen LogP contribution in [0.5, 0.6) is 11.5 Å². The van der Waals surface area contributed by atoms with Crippen LogP contribution in [0.1, 0.15) is 22.8 Å². The zero-order chi connectivity index (χ0) is 29.2. The number of hydrogen-bond acceptors (Lipinski definition) is 7. The topological polar surface area (TPSA) is 106 Å². The molecule has 0 saturated carbocycles. The number of ether oxygens (including phenoxy) is 2. The van der Waals surface area contributed by atoms with E-state index in [1.165, 1.54) is 30.2 Å². The number of amides is 3. The first-order valence-electron chi connectivity index (χ1n) is 12.6. The summed E-state index contributed by atoms with van der Waals surface area (Å²) in [6, 6.07) is 22.9. The lowest BCUT2D eigenvalue weighted by Gasteiger charge is -2.15. The van der Waals surface area contributed by atoms with Gasteiger partial charge in [-0.3, -0.25) is 14.4 Å². The van der Waals surface area contributed by atoms with Crippen LogP contribution >= 0.6 is 23.1 Å². The van der Waals surface area contributed by atoms with Crippen molar-refractivity contribution in [3.8, 4) is 11.5 Å². The van der Waals surface area contributed by atoms with Gasteiger partial charge in [0.2, 0.25) is 5.91 Å². The molecule has 0 aliphatic rings. The van der Waals surface area contributed by atoms with Gasteiger partial charge in [-0.2, -0.15) is 11.3 Å². The maximum absolute atomic E-state index is 13.2. The molecule has 0 radical (unpaired) electrons. The second kappa shape index (κ2) is 14.2. The number of carbonyl (C=O) groups excluding carboxylic acids is 3. The number of methoxy groups -OCH3 is 2. The molecule has 1 heterocycles. The molecule has 3 N–H and O–H groups in total. The Morgan fingerprint density at radius 2 is 1.66 bits per heavy atom. The molecule has 3 aromatic carbocycles. The lowest BCUT2D eigenvalue weighted by Crippen LogP contribution is -2.30. The van der Waals surface area contributed by atoms with Crippen LogP contribution in [0, 0.1) is 0 Å². The van der Waals surface area contributed by atoms with Gasteiger partial charge in [-0.1, -0.05) is 18.2 Å². The number of thioether (sulfide) groups is 1. The van der Waals surface area contributed by atoms with Crippen LogP contribution in [-0.2, 0) is 9.59 Å². The Hall–Kier alpha value is -4.54. The summed E-state index contributed by atoms with van der Waals surface area (Å²) in [5, 5.41) is 11.8. The van der Waals surface area contributed by atoms with Crippen molar-refractivity contribution < 1.29 is 23.9 Å². The Labute approximate surface area is 246 Å². The second-order valence-electron chi connectivity index (χ2n) is 8.73. The van der Waals surface area contributed by atoms with Crippen LogP contribution in [0.3, 0.4) is 0 Å². The monoisotopic (exact) mass is 587 g/mol. The van der Waals surface area contributed by atoms with Crippen molar-refractivity contribution in [2.45, 2.75) is 17.1 Å². The molecule has 4 aromatic rings. The third-order valence-corrected chi connectivity index (χ3v) is 7.66. The average molecular weight is 588 g/mol. The van der Waals surface area contributed by atoms with E-state index in [2.05, 4.69) is 16.0 Å². The first-order chi connectivity index (χ1) is 19.9. The molecule has 8 nitrogen and oxygen atoms in total. The van der Waals surface area contributed by atoms with E-state index in [1.54, 1.807) is 67.8 Å². The Bertz CT molecular complexity index is 1520. The highest BCUT2D eigenvalue weighted by atomic mass is 32.2. The third-order valence-electron chi connectivity index (χ3n) is 5.84. The van der Waals surface area contributed by atoms with E-state index in [1.807, 2.05) is 41.9 Å². The van der Waals surface area contributed by atoms with Crippen LogP contribution in [0.2, 0.25) is 0 Å². The number of anilines is 2. The van der Waals surface area contributed by atoms with Gasteiger partial charge in [0.25, 0.3) is 11.8 Å². The number of nitrogens with one attached hydrogen (secondary N) is 3. The van der Waals surface area contributed by atoms with Gasteiger partial charge in [0, 0.05) is 22.2 Å². The minimum Gasteiger partial charge on any atom is -0.497 e. The summed E-state index contributed by atoms with van der Waals surface area (Å²) in [4.78, 5) is 39.6. The van der Waals surface area contributed by atoms with Crippen molar-refractivity contribution in [3.05, 3.63) is 106 Å². The molecule has 41 heavy (non-hydrogen) atoms. The maximum Gasteiger partial charge on any atom is 0.272 e. The summed E-state index contributed by atoms with van der Waals surface area (Å²) >= 11 is 2.87. The van der Waals surface area contributed by atoms with Crippen LogP contribution in [0.4, 0.5) is 11.4 Å². The van der Waals surface area contributed by atoms with Crippen LogP contribution < -0.4 is 25.4 Å². The van der Waals surface area contributed by atoms with E-state index in [9.17, 15) is 14.4 Å². The predicted molar refractivity (Wildman–Crippen MR) is 165 cm³/mol. The molecule has 4 rings (SSSR count). The van der Waals surface area contributed by atoms with Gasteiger partial charge in [0.1, 0.15) is 17.2 Å². The summed E-state index contributed by atoms with van der Waals surface area (Å²) in [5.74, 6) is 0.105. The van der Waals surface area contributed by atoms with Gasteiger partial charge in [0.15, 0.2) is 0 Å². The Balaban J connectivity index is 1.39. The largest absolute Gasteiger partial charge is 0.497 e. The molecule has 0 aliphatic heterocycles. The highest BCUT2D eigenvalue weighted by molar-refractivity contribution is 8.00. The van der Waals surface area contributed by atoms with Crippen molar-refractivity contribution >= 4 is 58.3 Å². The zero-order valence-electron chi connectivity index (χ0n) is 22.7. The highest BCUT2D eigenvalue weighted by Gasteiger charge is 2.18. The molecular weight excluding hydrogens is 558 g/mol. The first-order valence-corrected chi connectivity index (χ1v) is 14.4. The van der Waals surface area contributed by atoms with Gasteiger partial charge < -0.3 is 25.4 Å². The van der Waals surface area contributed by atoms with Crippen molar-refractivity contribution in [2.75, 3.05) is 24.9 Å². The number of rotatable bonds is 11. The van der Waals surface area contributed by atoms with Gasteiger partial charge in [-0.25, -0.2) is 0 Å². The Morgan fingerprint density at radius 1 is 0.902 bits per heavy atom. The van der Waals surface area contributed by atoms with Gasteiger partial charge in [0.05, 0.1) is 25.2 Å². The van der Waals surface area contributed by atoms with Crippen molar-refractivity contribution in [3.63, 3.8) is 0 Å². The Morgan fingerprint density at radius 3 is 2.32 bits per heavy atom. The van der Waals surface area contributed by atoms with E-state index >= 15 is 0 Å². The summed E-state index contributed by atoms with van der Waals surface area (Å²) in [6.45, 7) is 1.81. The zero-order valence-corrected chi connectivity index (χ0v) is 24.3. The predicted octanol–water partition coefficient (Wildman–Crippen LogP) is 6.29. The maximum atomic E-state index is 13.2. The van der Waals surface area contributed by atoms with E-state index in [0.717, 1.165) is 10.5 Å². The summed E-state index contributed by atoms with van der Waals surface area (Å²) < 4.78 is 10.6. The molecule has 0 bridgehead atoms. The normalized spacial score (nSPS) is 11.7. The summed E-state index contributed by atoms with van der Waals surface area (Å²) in [5.41, 5.74) is 2.47. The fourth-order valence-electron chi connectivity index (χ4n) is 3.68. The van der Waals surface area contributed by atoms with Gasteiger partial charge in [-0.05, 0) is 83.9 Å². The Kier molecular flexibility index (Phi) is 10.2. The fourth-order valence-corrected chi connectivity index (χ4v) is 5.16. The fraction of sp³-hybridized carbons (Fsp3) is 0.129. The number of hydrogen-bond donors (Lipinski definition) is 3. The minimum absolute atomic E-state index is 0.120. The van der Waals surface area contributed by atoms with E-state index in [-0.39, 0.29) is 17.5 Å². The van der Waals surface area contributed by atoms with Crippen molar-refractivity contribution in [1.82, 2.24) is 5.32 Å². The standard InChI is InChI=1S/C31H29N3O5S2/c1-20(29(35)33-26-14-11-24(38-2)18-28(26)39-3)41-25-12-9-23(10-13-25)32-31(37)27(17-21-15-16-40-19-21)34-30(36)22-7-5-4-6-8-22/h4-20H,1-3H3,(H,32,37)(H,33,35)(H,34,36)/b27-17-. The second-order valence-corrected chi connectivity index (χ2v) is 10.9. The van der Waals surface area contributed by atoms with Crippen molar-refractivity contribution in [2.24, 2.45) is 0 Å². The molecule has 210 valence electrons. The molecule has 0 spiro atoms. The lowest BCUT2D eigenvalue weighted by molar-refractivity contribution is -0.115. The molecule has 10 heteroatoms. The average Bonchev–Trinajstić information content (AvgIpc) is 3.51. The third kappa shape index (κ3) is 8.23. The van der Waals surface area contributed by atoms with Crippen LogP contribution in [0.15, 0.2) is 100 Å². The molecule has 1 aromatic heterocycles.